The summed E-state index contributed by atoms with van der Waals surface area (Å²) < 4.78 is 0. The molecule has 1 fully saturated rings. The number of aliphatic hydroxyl groups excluding tert-OH is 1. The van der Waals surface area contributed by atoms with E-state index in [0.29, 0.717) is 11.7 Å². The number of thioether (sulfide) groups is 1. The predicted octanol–water partition coefficient (Wildman–Crippen LogP) is 0.643. The zero-order valence-corrected chi connectivity index (χ0v) is 8.42. The lowest BCUT2D eigenvalue weighted by Crippen LogP contribution is -2.40. The summed E-state index contributed by atoms with van der Waals surface area (Å²) in [4.78, 5) is 5.66. The Balaban J connectivity index is 2.59. The van der Waals surface area contributed by atoms with Gasteiger partial charge in [-0.3, -0.25) is 0 Å². The van der Waals surface area contributed by atoms with Gasteiger partial charge in [-0.25, -0.2) is 0 Å². The first-order valence-electron chi connectivity index (χ1n) is 4.21. The highest BCUT2D eigenvalue weighted by atomic mass is 32.2. The third-order valence-corrected chi connectivity index (χ3v) is 2.71. The highest BCUT2D eigenvalue weighted by molar-refractivity contribution is 8.13. The minimum atomic E-state index is -0.273. The highest BCUT2D eigenvalue weighted by Crippen LogP contribution is 2.14. The molecule has 5 heteroatoms. The molecule has 0 amide bonds. The fourth-order valence-electron chi connectivity index (χ4n) is 1.42. The van der Waals surface area contributed by atoms with Crippen molar-refractivity contribution in [2.24, 2.45) is 4.99 Å². The standard InChI is InChI=1S/C8H13N3OS/c1-13-8(10-6-9)11-4-2-3-7(12)5-11/h7,12H,2-5H2,1H3. The maximum atomic E-state index is 9.40. The number of nitriles is 1. The molecule has 0 radical (unpaired) electrons. The number of hydrogen-bond acceptors (Lipinski definition) is 4. The normalized spacial score (nSPS) is 24.2. The van der Waals surface area contributed by atoms with Gasteiger partial charge in [0.1, 0.15) is 0 Å². The Morgan fingerprint density at radius 1 is 1.77 bits per heavy atom. The van der Waals surface area contributed by atoms with E-state index in [9.17, 15) is 5.11 Å². The molecule has 0 aromatic carbocycles. The van der Waals surface area contributed by atoms with Crippen molar-refractivity contribution in [3.05, 3.63) is 0 Å². The van der Waals surface area contributed by atoms with Crippen LogP contribution in [0.3, 0.4) is 0 Å². The molecular weight excluding hydrogens is 186 g/mol. The summed E-state index contributed by atoms with van der Waals surface area (Å²) in [7, 11) is 0. The third-order valence-electron chi connectivity index (χ3n) is 2.00. The van der Waals surface area contributed by atoms with Gasteiger partial charge in [0.15, 0.2) is 5.17 Å². The van der Waals surface area contributed by atoms with Gasteiger partial charge in [-0.05, 0) is 19.1 Å². The minimum Gasteiger partial charge on any atom is -0.391 e. The number of rotatable bonds is 0. The number of nitrogens with zero attached hydrogens (tertiary/aromatic N) is 3. The number of β-amino-alcohol motifs (C(OH)–C–C–N with tert-alkyl or cyclic N) is 1. The molecule has 0 saturated carbocycles. The summed E-state index contributed by atoms with van der Waals surface area (Å²) in [5, 5.41) is 18.5. The van der Waals surface area contributed by atoms with Gasteiger partial charge in [-0.15, -0.1) is 4.99 Å². The fourth-order valence-corrected chi connectivity index (χ4v) is 1.97. The van der Waals surface area contributed by atoms with Gasteiger partial charge in [0.2, 0.25) is 6.19 Å². The van der Waals surface area contributed by atoms with E-state index >= 15 is 0 Å². The van der Waals surface area contributed by atoms with E-state index in [2.05, 4.69) is 4.99 Å². The maximum Gasteiger partial charge on any atom is 0.208 e. The van der Waals surface area contributed by atoms with Crippen LogP contribution in [0.25, 0.3) is 0 Å². The molecule has 1 aliphatic rings. The molecule has 0 aromatic heterocycles. The number of aliphatic hydroxyl groups is 1. The van der Waals surface area contributed by atoms with Crippen molar-refractivity contribution in [1.82, 2.24) is 4.90 Å². The van der Waals surface area contributed by atoms with Crippen molar-refractivity contribution in [3.8, 4) is 6.19 Å². The molecule has 1 saturated heterocycles. The Bertz CT molecular complexity index is 236. The largest absolute Gasteiger partial charge is 0.391 e. The van der Waals surface area contributed by atoms with E-state index in [1.54, 1.807) is 6.19 Å². The summed E-state index contributed by atoms with van der Waals surface area (Å²) in [6, 6.07) is 0. The number of likely N-dealkylation sites (tertiary alicyclic amines) is 1. The second-order valence-electron chi connectivity index (χ2n) is 2.94. The van der Waals surface area contributed by atoms with Crippen molar-refractivity contribution in [3.63, 3.8) is 0 Å². The Hall–Kier alpha value is -0.730. The lowest BCUT2D eigenvalue weighted by atomic mass is 10.1. The number of hydrogen-bond donors (Lipinski definition) is 1. The summed E-state index contributed by atoms with van der Waals surface area (Å²) in [5.74, 6) is 0. The van der Waals surface area contributed by atoms with E-state index in [1.165, 1.54) is 11.8 Å². The molecule has 4 nitrogen and oxygen atoms in total. The average molecular weight is 199 g/mol. The second-order valence-corrected chi connectivity index (χ2v) is 3.71. The molecule has 13 heavy (non-hydrogen) atoms. The third kappa shape index (κ3) is 2.90. The molecule has 1 heterocycles. The molecule has 72 valence electrons. The Labute approximate surface area is 82.3 Å². The minimum absolute atomic E-state index is 0.273. The van der Waals surface area contributed by atoms with E-state index in [0.717, 1.165) is 19.4 Å². The lowest BCUT2D eigenvalue weighted by molar-refractivity contribution is 0.104. The fraction of sp³-hybridized carbons (Fsp3) is 0.750. The molecule has 1 rings (SSSR count). The van der Waals surface area contributed by atoms with Crippen molar-refractivity contribution >= 4 is 16.9 Å². The van der Waals surface area contributed by atoms with Crippen LogP contribution in [0.2, 0.25) is 0 Å². The number of amidine groups is 1. The molecule has 0 aliphatic carbocycles. The van der Waals surface area contributed by atoms with Gasteiger partial charge in [0, 0.05) is 13.1 Å². The quantitative estimate of drug-likeness (QED) is 0.353. The van der Waals surface area contributed by atoms with E-state index in [4.69, 9.17) is 5.26 Å². The maximum absolute atomic E-state index is 9.40. The van der Waals surface area contributed by atoms with E-state index in [-0.39, 0.29) is 6.10 Å². The lowest BCUT2D eigenvalue weighted by Gasteiger charge is -2.31. The van der Waals surface area contributed by atoms with Crippen LogP contribution in [0.1, 0.15) is 12.8 Å². The molecule has 1 aliphatic heterocycles. The van der Waals surface area contributed by atoms with Gasteiger partial charge in [-0.1, -0.05) is 11.8 Å². The SMILES string of the molecule is CSC(=NC#N)N1CCCC(O)C1. The van der Waals surface area contributed by atoms with Crippen LogP contribution in [0.15, 0.2) is 4.99 Å². The number of piperidine rings is 1. The van der Waals surface area contributed by atoms with Gasteiger partial charge in [0.25, 0.3) is 0 Å². The van der Waals surface area contributed by atoms with Crippen molar-refractivity contribution in [1.29, 1.82) is 5.26 Å². The average Bonchev–Trinajstić information content (AvgIpc) is 2.14. The van der Waals surface area contributed by atoms with E-state index in [1.807, 2.05) is 11.2 Å². The molecule has 0 bridgehead atoms. The predicted molar refractivity (Wildman–Crippen MR) is 53.4 cm³/mol. The van der Waals surface area contributed by atoms with Crippen LogP contribution in [-0.2, 0) is 0 Å². The molecule has 1 atom stereocenters. The molecule has 0 aromatic rings. The summed E-state index contributed by atoms with van der Waals surface area (Å²) >= 11 is 1.45. The molecule has 0 spiro atoms. The van der Waals surface area contributed by atoms with Crippen LogP contribution in [0.4, 0.5) is 0 Å². The molecule has 1 N–H and O–H groups in total. The first-order valence-corrected chi connectivity index (χ1v) is 5.44. The van der Waals surface area contributed by atoms with Crippen molar-refractivity contribution < 1.29 is 5.11 Å². The van der Waals surface area contributed by atoms with Crippen LogP contribution in [0, 0.1) is 11.5 Å². The zero-order valence-electron chi connectivity index (χ0n) is 7.60. The Kier molecular flexibility index (Phi) is 4.06. The topological polar surface area (TPSA) is 59.6 Å². The zero-order chi connectivity index (χ0) is 9.68. The van der Waals surface area contributed by atoms with Crippen LogP contribution >= 0.6 is 11.8 Å². The highest BCUT2D eigenvalue weighted by Gasteiger charge is 2.19. The van der Waals surface area contributed by atoms with Gasteiger partial charge >= 0.3 is 0 Å². The van der Waals surface area contributed by atoms with Crippen LogP contribution < -0.4 is 0 Å². The Morgan fingerprint density at radius 3 is 3.08 bits per heavy atom. The van der Waals surface area contributed by atoms with Crippen molar-refractivity contribution in [2.75, 3.05) is 19.3 Å². The number of aliphatic imine (C=N–C) groups is 1. The van der Waals surface area contributed by atoms with E-state index < -0.39 is 0 Å². The monoisotopic (exact) mass is 199 g/mol. The van der Waals surface area contributed by atoms with Gasteiger partial charge < -0.3 is 10.0 Å². The van der Waals surface area contributed by atoms with Crippen LogP contribution in [0.5, 0.6) is 0 Å². The van der Waals surface area contributed by atoms with Crippen LogP contribution in [-0.4, -0.2) is 40.6 Å². The summed E-state index contributed by atoms with van der Waals surface area (Å²) in [6.45, 7) is 1.49. The summed E-state index contributed by atoms with van der Waals surface area (Å²) in [5.41, 5.74) is 0. The first kappa shape index (κ1) is 10.4. The van der Waals surface area contributed by atoms with Gasteiger partial charge in [0.05, 0.1) is 6.10 Å². The second kappa shape index (κ2) is 5.10. The Morgan fingerprint density at radius 2 is 2.54 bits per heavy atom. The van der Waals surface area contributed by atoms with Gasteiger partial charge in [-0.2, -0.15) is 5.26 Å². The molecular formula is C8H13N3OS. The smallest absolute Gasteiger partial charge is 0.208 e. The molecule has 1 unspecified atom stereocenters. The first-order chi connectivity index (χ1) is 6.27. The summed E-state index contributed by atoms with van der Waals surface area (Å²) in [6.07, 6.45) is 5.20. The van der Waals surface area contributed by atoms with Crippen molar-refractivity contribution in [2.45, 2.75) is 18.9 Å².